The Balaban J connectivity index is 1.94. The highest BCUT2D eigenvalue weighted by Crippen LogP contribution is 2.34. The first-order valence-corrected chi connectivity index (χ1v) is 9.48. The van der Waals surface area contributed by atoms with E-state index in [0.29, 0.717) is 5.92 Å². The third kappa shape index (κ3) is 3.72. The van der Waals surface area contributed by atoms with E-state index >= 15 is 0 Å². The summed E-state index contributed by atoms with van der Waals surface area (Å²) in [5, 5.41) is 0.802. The molecule has 4 heteroatoms. The number of benzene rings is 1. The normalized spacial score (nSPS) is 16.5. The molecule has 0 radical (unpaired) electrons. The molecule has 0 atom stereocenters. The molecule has 126 valence electrons. The van der Waals surface area contributed by atoms with Crippen LogP contribution in [0.2, 0.25) is 5.02 Å². The van der Waals surface area contributed by atoms with Crippen LogP contribution >= 0.6 is 11.6 Å². The van der Waals surface area contributed by atoms with Gasteiger partial charge >= 0.3 is 0 Å². The summed E-state index contributed by atoms with van der Waals surface area (Å²) in [5.41, 5.74) is 2.29. The molecule has 3 rings (SSSR count). The lowest BCUT2D eigenvalue weighted by molar-refractivity contribution is 0.288. The number of rotatable bonds is 6. The highest BCUT2D eigenvalue weighted by atomic mass is 35.5. The molecule has 1 fully saturated rings. The molecule has 1 saturated carbocycles. The van der Waals surface area contributed by atoms with Crippen LogP contribution in [0.1, 0.15) is 57.7 Å². The highest BCUT2D eigenvalue weighted by Gasteiger charge is 2.22. The minimum atomic E-state index is 0.617. The second-order valence-electron chi connectivity index (χ2n) is 6.62. The predicted molar refractivity (Wildman–Crippen MR) is 98.4 cm³/mol. The first-order valence-electron chi connectivity index (χ1n) is 9.11. The summed E-state index contributed by atoms with van der Waals surface area (Å²) < 4.78 is 2.44. The monoisotopic (exact) mass is 333 g/mol. The number of imidazole rings is 1. The van der Waals surface area contributed by atoms with E-state index in [9.17, 15) is 0 Å². The van der Waals surface area contributed by atoms with Gasteiger partial charge in [-0.15, -0.1) is 0 Å². The van der Waals surface area contributed by atoms with Gasteiger partial charge in [0.25, 0.3) is 0 Å². The lowest BCUT2D eigenvalue weighted by Crippen LogP contribution is -2.28. The van der Waals surface area contributed by atoms with Crippen LogP contribution in [0.5, 0.6) is 0 Å². The summed E-state index contributed by atoms with van der Waals surface area (Å²) >= 11 is 6.25. The van der Waals surface area contributed by atoms with Crippen LogP contribution < -0.4 is 0 Å². The van der Waals surface area contributed by atoms with Gasteiger partial charge in [0.05, 0.1) is 11.0 Å². The maximum absolute atomic E-state index is 6.25. The fourth-order valence-corrected chi connectivity index (χ4v) is 3.97. The van der Waals surface area contributed by atoms with Crippen molar-refractivity contribution in [1.82, 2.24) is 14.5 Å². The third-order valence-corrected chi connectivity index (χ3v) is 5.48. The van der Waals surface area contributed by atoms with Crippen LogP contribution in [0, 0.1) is 0 Å². The zero-order valence-electron chi connectivity index (χ0n) is 14.4. The molecule has 0 unspecified atom stereocenters. The Morgan fingerprint density at radius 3 is 2.61 bits per heavy atom. The van der Waals surface area contributed by atoms with Crippen molar-refractivity contribution in [2.24, 2.45) is 0 Å². The van der Waals surface area contributed by atoms with E-state index < -0.39 is 0 Å². The molecule has 0 aliphatic heterocycles. The molecule has 0 spiro atoms. The van der Waals surface area contributed by atoms with Gasteiger partial charge in [0.15, 0.2) is 0 Å². The lowest BCUT2D eigenvalue weighted by Gasteiger charge is -2.24. The van der Waals surface area contributed by atoms with Gasteiger partial charge in [0.1, 0.15) is 5.82 Å². The number of hydrogen-bond acceptors (Lipinski definition) is 2. The average Bonchev–Trinajstić information content (AvgIpc) is 2.94. The summed E-state index contributed by atoms with van der Waals surface area (Å²) in [7, 11) is 0. The number of fused-ring (bicyclic) bond motifs is 1. The topological polar surface area (TPSA) is 21.1 Å². The zero-order chi connectivity index (χ0) is 16.2. The van der Waals surface area contributed by atoms with Crippen molar-refractivity contribution in [2.45, 2.75) is 58.4 Å². The quantitative estimate of drug-likeness (QED) is 0.735. The van der Waals surface area contributed by atoms with Crippen LogP contribution in [0.4, 0.5) is 0 Å². The summed E-state index contributed by atoms with van der Waals surface area (Å²) in [6, 6.07) is 6.10. The number of aromatic nitrogens is 2. The van der Waals surface area contributed by atoms with E-state index in [1.54, 1.807) is 0 Å². The molecule has 1 aromatic heterocycles. The minimum Gasteiger partial charge on any atom is -0.326 e. The van der Waals surface area contributed by atoms with Crippen LogP contribution in [0.15, 0.2) is 18.2 Å². The molecule has 0 amide bonds. The maximum atomic E-state index is 6.25. The summed E-state index contributed by atoms with van der Waals surface area (Å²) in [5.74, 6) is 1.90. The zero-order valence-corrected chi connectivity index (χ0v) is 15.1. The molecule has 0 saturated heterocycles. The Morgan fingerprint density at radius 2 is 1.91 bits per heavy atom. The molecular weight excluding hydrogens is 306 g/mol. The van der Waals surface area contributed by atoms with E-state index in [1.165, 1.54) is 43.4 Å². The molecule has 1 heterocycles. The van der Waals surface area contributed by atoms with Gasteiger partial charge in [-0.3, -0.25) is 0 Å². The standard InChI is InChI=1S/C19H28ClN3/c1-3-22(4-2)12-13-23-18-14-16(20)10-11-17(18)21-19(23)15-8-6-5-7-9-15/h10-11,14-15H,3-9,12-13H2,1-2H3. The fourth-order valence-electron chi connectivity index (χ4n) is 3.80. The molecule has 3 nitrogen and oxygen atoms in total. The Hall–Kier alpha value is -1.06. The SMILES string of the molecule is CCN(CC)CCn1c(C2CCCCC2)nc2ccc(Cl)cc21. The Labute approximate surface area is 144 Å². The largest absolute Gasteiger partial charge is 0.326 e. The average molecular weight is 334 g/mol. The van der Waals surface area contributed by atoms with Gasteiger partial charge < -0.3 is 9.47 Å². The van der Waals surface area contributed by atoms with Crippen LogP contribution in [-0.2, 0) is 6.54 Å². The first-order chi connectivity index (χ1) is 11.2. The number of hydrogen-bond donors (Lipinski definition) is 0. The summed E-state index contributed by atoms with van der Waals surface area (Å²) in [6.45, 7) is 8.74. The van der Waals surface area contributed by atoms with Crippen LogP contribution in [-0.4, -0.2) is 34.1 Å². The summed E-state index contributed by atoms with van der Waals surface area (Å²) in [4.78, 5) is 7.47. The third-order valence-electron chi connectivity index (χ3n) is 5.24. The molecule has 23 heavy (non-hydrogen) atoms. The van der Waals surface area contributed by atoms with E-state index in [1.807, 2.05) is 6.07 Å². The Morgan fingerprint density at radius 1 is 1.17 bits per heavy atom. The van der Waals surface area contributed by atoms with Gasteiger partial charge in [-0.05, 0) is 44.1 Å². The van der Waals surface area contributed by atoms with E-state index in [2.05, 4.69) is 35.4 Å². The van der Waals surface area contributed by atoms with E-state index in [-0.39, 0.29) is 0 Å². The van der Waals surface area contributed by atoms with Gasteiger partial charge in [0.2, 0.25) is 0 Å². The molecule has 0 bridgehead atoms. The highest BCUT2D eigenvalue weighted by molar-refractivity contribution is 6.31. The number of nitrogens with zero attached hydrogens (tertiary/aromatic N) is 3. The van der Waals surface area contributed by atoms with Crippen molar-refractivity contribution in [3.8, 4) is 0 Å². The molecule has 1 aliphatic rings. The van der Waals surface area contributed by atoms with Crippen molar-refractivity contribution >= 4 is 22.6 Å². The molecule has 2 aromatic rings. The van der Waals surface area contributed by atoms with E-state index in [4.69, 9.17) is 16.6 Å². The summed E-state index contributed by atoms with van der Waals surface area (Å²) in [6.07, 6.45) is 6.61. The van der Waals surface area contributed by atoms with Crippen LogP contribution in [0.3, 0.4) is 0 Å². The Bertz CT molecular complexity index is 639. The smallest absolute Gasteiger partial charge is 0.113 e. The van der Waals surface area contributed by atoms with Crippen molar-refractivity contribution in [2.75, 3.05) is 19.6 Å². The number of likely N-dealkylation sites (N-methyl/N-ethyl adjacent to an activating group) is 1. The lowest BCUT2D eigenvalue weighted by atomic mass is 9.88. The van der Waals surface area contributed by atoms with Gasteiger partial charge in [-0.25, -0.2) is 4.98 Å². The van der Waals surface area contributed by atoms with Gasteiger partial charge in [-0.2, -0.15) is 0 Å². The maximum Gasteiger partial charge on any atom is 0.113 e. The number of halogens is 1. The van der Waals surface area contributed by atoms with E-state index in [0.717, 1.165) is 36.7 Å². The van der Waals surface area contributed by atoms with Crippen molar-refractivity contribution in [1.29, 1.82) is 0 Å². The second-order valence-corrected chi connectivity index (χ2v) is 7.05. The molecule has 1 aromatic carbocycles. The fraction of sp³-hybridized carbons (Fsp3) is 0.632. The van der Waals surface area contributed by atoms with Crippen molar-refractivity contribution in [3.63, 3.8) is 0 Å². The molecule has 0 N–H and O–H groups in total. The van der Waals surface area contributed by atoms with Crippen molar-refractivity contribution in [3.05, 3.63) is 29.0 Å². The second kappa shape index (κ2) is 7.67. The van der Waals surface area contributed by atoms with Crippen molar-refractivity contribution < 1.29 is 0 Å². The molecular formula is C19H28ClN3. The molecule has 1 aliphatic carbocycles. The first kappa shape index (κ1) is 16.8. The van der Waals surface area contributed by atoms with Gasteiger partial charge in [0, 0.05) is 24.0 Å². The van der Waals surface area contributed by atoms with Crippen LogP contribution in [0.25, 0.3) is 11.0 Å². The predicted octanol–water partition coefficient (Wildman–Crippen LogP) is 5.08. The Kier molecular flexibility index (Phi) is 5.60. The minimum absolute atomic E-state index is 0.617. The van der Waals surface area contributed by atoms with Gasteiger partial charge in [-0.1, -0.05) is 44.7 Å².